The molecule has 1 fully saturated rings. The largest absolute Gasteiger partial charge is 0.481 e. The summed E-state index contributed by atoms with van der Waals surface area (Å²) in [6.45, 7) is 14.8. The fraction of sp³-hybridized carbons (Fsp3) is 0.578. The third kappa shape index (κ3) is 24.0. The summed E-state index contributed by atoms with van der Waals surface area (Å²) in [6.07, 6.45) is 1.14. The number of carboxylic acids is 2. The minimum absolute atomic E-state index is 0.0699. The number of hydrogen-bond donors (Lipinski definition) is 15. The van der Waals surface area contributed by atoms with E-state index in [1.165, 1.54) is 19.4 Å². The van der Waals surface area contributed by atoms with E-state index in [-0.39, 0.29) is 64.0 Å². The van der Waals surface area contributed by atoms with Crippen molar-refractivity contribution in [3.05, 3.63) is 90.0 Å². The molecule has 29 heteroatoms. The van der Waals surface area contributed by atoms with Gasteiger partial charge in [-0.25, -0.2) is 9.78 Å². The van der Waals surface area contributed by atoms with Crippen LogP contribution in [0.2, 0.25) is 0 Å². The van der Waals surface area contributed by atoms with Crippen molar-refractivity contribution in [2.24, 2.45) is 35.1 Å². The number of likely N-dealkylation sites (tertiary alicyclic amines) is 1. The average molecular weight is 1300 g/mol. The first-order valence-electron chi connectivity index (χ1n) is 31.6. The van der Waals surface area contributed by atoms with Gasteiger partial charge in [0.05, 0.1) is 24.9 Å². The summed E-state index contributed by atoms with van der Waals surface area (Å²) in [5, 5.41) is 54.1. The molecule has 3 aromatic rings. The zero-order valence-electron chi connectivity index (χ0n) is 54.4. The van der Waals surface area contributed by atoms with Crippen LogP contribution in [0, 0.1) is 23.7 Å². The maximum atomic E-state index is 14.9. The van der Waals surface area contributed by atoms with Crippen molar-refractivity contribution in [2.75, 3.05) is 13.1 Å². The summed E-state index contributed by atoms with van der Waals surface area (Å²) in [4.78, 5) is 175. The molecule has 0 spiro atoms. The Morgan fingerprint density at radius 1 is 0.559 bits per heavy atom. The van der Waals surface area contributed by atoms with Crippen LogP contribution in [0.3, 0.4) is 0 Å². The van der Waals surface area contributed by atoms with Gasteiger partial charge in [-0.15, -0.1) is 0 Å². The second kappa shape index (κ2) is 37.6. The zero-order valence-corrected chi connectivity index (χ0v) is 54.4. The van der Waals surface area contributed by atoms with Crippen molar-refractivity contribution in [2.45, 2.75) is 199 Å². The normalized spacial score (nSPS) is 16.9. The molecule has 1 aliphatic heterocycles. The van der Waals surface area contributed by atoms with Crippen molar-refractivity contribution in [1.82, 2.24) is 62.7 Å². The van der Waals surface area contributed by atoms with Crippen molar-refractivity contribution < 1.29 is 72.9 Å². The highest BCUT2D eigenvalue weighted by Crippen LogP contribution is 2.21. The number of nitrogens with zero attached hydrogens (tertiary/aromatic N) is 2. The minimum Gasteiger partial charge on any atom is -0.481 e. The maximum absolute atomic E-state index is 14.9. The Kier molecular flexibility index (Phi) is 31.0. The summed E-state index contributed by atoms with van der Waals surface area (Å²) in [6, 6.07) is 1.76. The lowest BCUT2D eigenvalue weighted by Gasteiger charge is -2.32. The molecule has 2 aromatic carbocycles. The second-order valence-electron chi connectivity index (χ2n) is 24.7. The van der Waals surface area contributed by atoms with Crippen LogP contribution in [0.4, 0.5) is 0 Å². The molecule has 0 unspecified atom stereocenters. The highest BCUT2D eigenvalue weighted by Gasteiger charge is 2.42. The molecule has 10 amide bonds. The lowest BCUT2D eigenvalue weighted by Crippen LogP contribution is -2.63. The number of imidazole rings is 1. The van der Waals surface area contributed by atoms with Gasteiger partial charge in [-0.2, -0.15) is 0 Å². The molecular formula is C64H96N14O15. The van der Waals surface area contributed by atoms with E-state index >= 15 is 0 Å². The van der Waals surface area contributed by atoms with Gasteiger partial charge in [-0.3, -0.25) is 52.7 Å². The monoisotopic (exact) mass is 1300 g/mol. The number of aromatic nitrogens is 2. The number of rotatable bonds is 38. The number of hydrogen-bond acceptors (Lipinski definition) is 16. The predicted molar refractivity (Wildman–Crippen MR) is 341 cm³/mol. The first kappa shape index (κ1) is 76.6. The number of nitrogens with one attached hydrogen (secondary N) is 10. The first-order valence-corrected chi connectivity index (χ1v) is 31.6. The minimum atomic E-state index is -1.88. The van der Waals surface area contributed by atoms with Crippen LogP contribution < -0.4 is 59.3 Å². The number of benzene rings is 2. The van der Waals surface area contributed by atoms with Crippen LogP contribution >= 0.6 is 0 Å². The SMILES string of the molecule is CC[C@H](C)[C@H](NC(=O)[C@@H](CC(=O)O)NC(=O)[C@H](CCCCN)NC(=O)[C@H](Cc1ccccc1)NC(=O)[C@H](Cc1ccccc1)NC(=O)[C@H](Cc1cnc[nH]1)NC(=O)[C@@H](NC(=O)[C@@H](N)C(C)C)C(C)C)C(=O)N[C@H](C(=O)N[C@H](C(=O)N1CCC[C@H]1C(=O)O)[C@@H](C)O)C(C)C. The Morgan fingerprint density at radius 2 is 1.00 bits per heavy atom. The van der Waals surface area contributed by atoms with E-state index in [4.69, 9.17) is 11.5 Å². The summed E-state index contributed by atoms with van der Waals surface area (Å²) >= 11 is 0. The highest BCUT2D eigenvalue weighted by molar-refractivity contribution is 6.00. The van der Waals surface area contributed by atoms with Crippen LogP contribution in [0.25, 0.3) is 0 Å². The topological polar surface area (TPSA) is 458 Å². The van der Waals surface area contributed by atoms with E-state index in [9.17, 15) is 72.9 Å². The van der Waals surface area contributed by atoms with Gasteiger partial charge < -0.3 is 84.5 Å². The number of aliphatic carboxylic acids is 2. The molecule has 0 bridgehead atoms. The molecule has 0 aliphatic carbocycles. The van der Waals surface area contributed by atoms with Crippen molar-refractivity contribution in [3.63, 3.8) is 0 Å². The molecule has 13 atom stereocenters. The number of H-pyrrole nitrogens is 1. The smallest absolute Gasteiger partial charge is 0.326 e. The number of carboxylic acid groups (broad SMARTS) is 2. The standard InChI is InChI=1S/C64H96N14O15/c1-10-37(8)52(62(90)75-51(36(6)7)61(89)77-53(38(9)79)63(91)78-27-19-25-47(78)64(92)93)76-58(86)46(31-48(80)81)72-54(82)42(24-17-18-26-65)69-55(83)43(28-39-20-13-11-14-21-39)70-56(84)44(29-40-22-15-12-16-23-40)71-57(85)45(30-41-32-67-33-68-41)73-60(88)50(35(4)5)74-59(87)49(66)34(2)3/h11-16,20-23,32-38,42-47,49-53,79H,10,17-19,24-31,65-66H2,1-9H3,(H,67,68)(H,69,83)(H,70,84)(H,71,85)(H,72,82)(H,73,88)(H,74,87)(H,75,90)(H,76,86)(H,77,89)(H,80,81)(H,92,93)/t37-,38+,42-,43-,44-,45-,46+,47-,49-,50-,51-,52-,53-/m0/s1. The van der Waals surface area contributed by atoms with E-state index in [2.05, 4.69) is 57.8 Å². The molecule has 1 aromatic heterocycles. The van der Waals surface area contributed by atoms with Crippen LogP contribution in [0.1, 0.15) is 124 Å². The number of nitrogens with two attached hydrogens (primary N) is 2. The fourth-order valence-corrected chi connectivity index (χ4v) is 10.4. The zero-order chi connectivity index (χ0) is 69.2. The average Bonchev–Trinajstić information content (AvgIpc) is 1.85. The van der Waals surface area contributed by atoms with Crippen molar-refractivity contribution >= 4 is 71.0 Å². The van der Waals surface area contributed by atoms with E-state index in [1.807, 2.05) is 0 Å². The Balaban J connectivity index is 1.64. The third-order valence-electron chi connectivity index (χ3n) is 16.2. The lowest BCUT2D eigenvalue weighted by molar-refractivity contribution is -0.151. The second-order valence-corrected chi connectivity index (χ2v) is 24.7. The molecule has 2 heterocycles. The first-order chi connectivity index (χ1) is 44.0. The number of carbonyl (C=O) groups excluding carboxylic acids is 10. The predicted octanol–water partition coefficient (Wildman–Crippen LogP) is -0.798. The molecule has 1 saturated heterocycles. The maximum Gasteiger partial charge on any atom is 0.326 e. The summed E-state index contributed by atoms with van der Waals surface area (Å²) in [7, 11) is 0. The Labute approximate surface area is 542 Å². The van der Waals surface area contributed by atoms with Crippen LogP contribution in [0.5, 0.6) is 0 Å². The number of aliphatic hydroxyl groups excluding tert-OH is 1. The molecule has 29 nitrogen and oxygen atoms in total. The molecule has 0 radical (unpaired) electrons. The lowest BCUT2D eigenvalue weighted by atomic mass is 9.95. The Hall–Kier alpha value is -8.83. The number of unbranched alkanes of at least 4 members (excludes halogenated alkanes) is 1. The Bertz CT molecular complexity index is 2990. The van der Waals surface area contributed by atoms with E-state index in [0.717, 1.165) is 4.90 Å². The molecule has 1 aliphatic rings. The summed E-state index contributed by atoms with van der Waals surface area (Å²) in [5.41, 5.74) is 13.5. The molecule has 17 N–H and O–H groups in total. The summed E-state index contributed by atoms with van der Waals surface area (Å²) in [5.74, 6) is -13.6. The molecule has 4 rings (SSSR count). The van der Waals surface area contributed by atoms with Gasteiger partial charge in [0.2, 0.25) is 59.1 Å². The fourth-order valence-electron chi connectivity index (χ4n) is 10.4. The highest BCUT2D eigenvalue weighted by atomic mass is 16.4. The van der Waals surface area contributed by atoms with E-state index in [1.54, 1.807) is 116 Å². The number of amides is 10. The van der Waals surface area contributed by atoms with Crippen LogP contribution in [-0.4, -0.2) is 187 Å². The Morgan fingerprint density at radius 3 is 1.46 bits per heavy atom. The van der Waals surface area contributed by atoms with E-state index in [0.29, 0.717) is 29.7 Å². The van der Waals surface area contributed by atoms with Gasteiger partial charge in [-0.05, 0) is 80.4 Å². The summed E-state index contributed by atoms with van der Waals surface area (Å²) < 4.78 is 0. The van der Waals surface area contributed by atoms with Crippen LogP contribution in [-0.2, 0) is 76.8 Å². The molecule has 0 saturated carbocycles. The van der Waals surface area contributed by atoms with Crippen LogP contribution in [0.15, 0.2) is 73.2 Å². The van der Waals surface area contributed by atoms with Gasteiger partial charge in [0.1, 0.15) is 60.4 Å². The molecule has 93 heavy (non-hydrogen) atoms. The number of aromatic amines is 1. The van der Waals surface area contributed by atoms with Gasteiger partial charge in [0, 0.05) is 37.7 Å². The number of aliphatic hydroxyl groups is 1. The van der Waals surface area contributed by atoms with Gasteiger partial charge >= 0.3 is 11.9 Å². The van der Waals surface area contributed by atoms with Gasteiger partial charge in [0.25, 0.3) is 0 Å². The van der Waals surface area contributed by atoms with Crippen molar-refractivity contribution in [1.29, 1.82) is 0 Å². The van der Waals surface area contributed by atoms with E-state index < -0.39 is 168 Å². The molecular weight excluding hydrogens is 1200 g/mol. The third-order valence-corrected chi connectivity index (χ3v) is 16.2. The van der Waals surface area contributed by atoms with Crippen molar-refractivity contribution in [3.8, 4) is 0 Å². The van der Waals surface area contributed by atoms with Gasteiger partial charge in [0.15, 0.2) is 0 Å². The quantitative estimate of drug-likeness (QED) is 0.0312. The molecule has 512 valence electrons. The van der Waals surface area contributed by atoms with Gasteiger partial charge in [-0.1, -0.05) is 122 Å². The number of carbonyl (C=O) groups is 12.